The normalized spacial score (nSPS) is 10.5. The molecule has 22 heavy (non-hydrogen) atoms. The van der Waals surface area contributed by atoms with E-state index in [9.17, 15) is 9.59 Å². The van der Waals surface area contributed by atoms with Crippen molar-refractivity contribution in [2.45, 2.75) is 13.5 Å². The number of benzene rings is 1. The van der Waals surface area contributed by atoms with Crippen molar-refractivity contribution in [3.8, 4) is 0 Å². The van der Waals surface area contributed by atoms with E-state index in [-0.39, 0.29) is 19.0 Å². The summed E-state index contributed by atoms with van der Waals surface area (Å²) in [5, 5.41) is 9.65. The molecule has 0 unspecified atom stereocenters. The van der Waals surface area contributed by atoms with Crippen LogP contribution in [0.1, 0.15) is 21.7 Å². The maximum atomic E-state index is 12.6. The number of amides is 1. The molecular weight excluding hydrogens is 304 g/mol. The zero-order valence-corrected chi connectivity index (χ0v) is 13.2. The predicted octanol–water partition coefficient (Wildman–Crippen LogP) is 2.71. The Morgan fingerprint density at radius 1 is 1.18 bits per heavy atom. The molecule has 0 radical (unpaired) electrons. The number of carbonyl (C=O) groups is 2. The van der Waals surface area contributed by atoms with Gasteiger partial charge >= 0.3 is 5.97 Å². The van der Waals surface area contributed by atoms with Gasteiger partial charge in [0.1, 0.15) is 12.2 Å². The maximum Gasteiger partial charge on any atom is 0.323 e. The molecule has 1 heterocycles. The Morgan fingerprint density at radius 2 is 1.82 bits per heavy atom. The minimum atomic E-state index is -1.05. The number of aromatic nitrogens is 1. The van der Waals surface area contributed by atoms with E-state index in [1.54, 1.807) is 41.9 Å². The largest absolute Gasteiger partial charge is 0.480 e. The van der Waals surface area contributed by atoms with Crippen molar-refractivity contribution in [3.05, 3.63) is 58.4 Å². The van der Waals surface area contributed by atoms with Crippen LogP contribution < -0.4 is 0 Å². The first-order chi connectivity index (χ1) is 10.4. The molecule has 1 aromatic carbocycles. The van der Waals surface area contributed by atoms with Crippen molar-refractivity contribution >= 4 is 23.5 Å². The van der Waals surface area contributed by atoms with Crippen LogP contribution in [-0.2, 0) is 18.4 Å². The van der Waals surface area contributed by atoms with Crippen LogP contribution in [0.3, 0.4) is 0 Å². The molecule has 0 atom stereocenters. The van der Waals surface area contributed by atoms with Gasteiger partial charge in [0.15, 0.2) is 0 Å². The van der Waals surface area contributed by atoms with E-state index in [4.69, 9.17) is 16.7 Å². The Hall–Kier alpha value is -2.27. The lowest BCUT2D eigenvalue weighted by molar-refractivity contribution is -0.137. The predicted molar refractivity (Wildman–Crippen MR) is 84.0 cm³/mol. The van der Waals surface area contributed by atoms with Crippen LogP contribution >= 0.6 is 11.6 Å². The van der Waals surface area contributed by atoms with Gasteiger partial charge in [-0.05, 0) is 36.8 Å². The summed E-state index contributed by atoms with van der Waals surface area (Å²) in [6.45, 7) is 1.75. The Balaban J connectivity index is 2.25. The van der Waals surface area contributed by atoms with Crippen molar-refractivity contribution in [2.75, 3.05) is 6.54 Å². The highest BCUT2D eigenvalue weighted by Gasteiger charge is 2.21. The zero-order valence-electron chi connectivity index (χ0n) is 12.4. The lowest BCUT2D eigenvalue weighted by Gasteiger charge is -2.21. The molecular formula is C16H17ClN2O3. The summed E-state index contributed by atoms with van der Waals surface area (Å²) >= 11 is 5.84. The second kappa shape index (κ2) is 6.66. The minimum Gasteiger partial charge on any atom is -0.480 e. The van der Waals surface area contributed by atoms with E-state index in [1.807, 2.05) is 13.0 Å². The van der Waals surface area contributed by atoms with Crippen molar-refractivity contribution in [2.24, 2.45) is 7.05 Å². The summed E-state index contributed by atoms with van der Waals surface area (Å²) in [5.74, 6) is -1.36. The van der Waals surface area contributed by atoms with Gasteiger partial charge < -0.3 is 14.6 Å². The topological polar surface area (TPSA) is 62.5 Å². The molecule has 0 saturated heterocycles. The first-order valence-corrected chi connectivity index (χ1v) is 7.14. The molecule has 2 rings (SSSR count). The standard InChI is InChI=1S/C16H17ClN2O3/c1-11-3-8-14(18(11)2)16(22)19(10-15(20)21)9-12-4-6-13(17)7-5-12/h3-8H,9-10H2,1-2H3,(H,20,21). The monoisotopic (exact) mass is 320 g/mol. The third-order valence-electron chi connectivity index (χ3n) is 3.49. The fourth-order valence-electron chi connectivity index (χ4n) is 2.16. The highest BCUT2D eigenvalue weighted by Crippen LogP contribution is 2.15. The van der Waals surface area contributed by atoms with Gasteiger partial charge in [0.05, 0.1) is 0 Å². The molecule has 0 fully saturated rings. The molecule has 5 nitrogen and oxygen atoms in total. The van der Waals surface area contributed by atoms with Gasteiger partial charge in [-0.3, -0.25) is 9.59 Å². The summed E-state index contributed by atoms with van der Waals surface area (Å²) in [5.41, 5.74) is 2.22. The lowest BCUT2D eigenvalue weighted by atomic mass is 10.2. The summed E-state index contributed by atoms with van der Waals surface area (Å²) in [6.07, 6.45) is 0. The van der Waals surface area contributed by atoms with Gasteiger partial charge in [-0.2, -0.15) is 0 Å². The van der Waals surface area contributed by atoms with Gasteiger partial charge in [-0.15, -0.1) is 0 Å². The van der Waals surface area contributed by atoms with E-state index in [0.717, 1.165) is 11.3 Å². The second-order valence-electron chi connectivity index (χ2n) is 5.10. The molecule has 0 aliphatic carbocycles. The van der Waals surface area contributed by atoms with Gasteiger partial charge in [0.2, 0.25) is 0 Å². The first-order valence-electron chi connectivity index (χ1n) is 6.76. The number of carboxylic acids is 1. The van der Waals surface area contributed by atoms with E-state index >= 15 is 0 Å². The molecule has 116 valence electrons. The molecule has 2 aromatic rings. The Bertz CT molecular complexity index is 692. The van der Waals surface area contributed by atoms with Gasteiger partial charge in [0.25, 0.3) is 5.91 Å². The van der Waals surface area contributed by atoms with Gasteiger partial charge in [-0.1, -0.05) is 23.7 Å². The summed E-state index contributed by atoms with van der Waals surface area (Å²) in [6, 6.07) is 10.5. The number of aryl methyl sites for hydroxylation is 1. The van der Waals surface area contributed by atoms with Crippen molar-refractivity contribution in [1.82, 2.24) is 9.47 Å². The quantitative estimate of drug-likeness (QED) is 0.921. The molecule has 0 aliphatic heterocycles. The van der Waals surface area contributed by atoms with E-state index in [0.29, 0.717) is 10.7 Å². The third kappa shape index (κ3) is 3.68. The van der Waals surface area contributed by atoms with E-state index in [1.165, 1.54) is 4.90 Å². The van der Waals surface area contributed by atoms with Crippen LogP contribution in [0.5, 0.6) is 0 Å². The third-order valence-corrected chi connectivity index (χ3v) is 3.74. The molecule has 0 saturated carbocycles. The van der Waals surface area contributed by atoms with Crippen LogP contribution in [0.4, 0.5) is 0 Å². The van der Waals surface area contributed by atoms with Gasteiger partial charge in [-0.25, -0.2) is 0 Å². The zero-order chi connectivity index (χ0) is 16.3. The molecule has 0 aliphatic rings. The summed E-state index contributed by atoms with van der Waals surface area (Å²) < 4.78 is 1.75. The van der Waals surface area contributed by atoms with E-state index in [2.05, 4.69) is 0 Å². The number of hydrogen-bond acceptors (Lipinski definition) is 2. The number of halogens is 1. The highest BCUT2D eigenvalue weighted by atomic mass is 35.5. The fourth-order valence-corrected chi connectivity index (χ4v) is 2.29. The second-order valence-corrected chi connectivity index (χ2v) is 5.54. The molecule has 0 bridgehead atoms. The van der Waals surface area contributed by atoms with Crippen LogP contribution in [0.25, 0.3) is 0 Å². The first kappa shape index (κ1) is 16.1. The number of aliphatic carboxylic acids is 1. The van der Waals surface area contributed by atoms with Crippen LogP contribution in [0, 0.1) is 6.92 Å². The van der Waals surface area contributed by atoms with Crippen molar-refractivity contribution < 1.29 is 14.7 Å². The average Bonchev–Trinajstić information content (AvgIpc) is 2.79. The molecule has 1 amide bonds. The molecule has 6 heteroatoms. The average molecular weight is 321 g/mol. The van der Waals surface area contributed by atoms with E-state index < -0.39 is 5.97 Å². The number of carbonyl (C=O) groups excluding carboxylic acids is 1. The number of rotatable bonds is 5. The Morgan fingerprint density at radius 3 is 2.32 bits per heavy atom. The number of hydrogen-bond donors (Lipinski definition) is 1. The number of carboxylic acid groups (broad SMARTS) is 1. The Labute approximate surface area is 133 Å². The van der Waals surface area contributed by atoms with Crippen LogP contribution in [0.15, 0.2) is 36.4 Å². The lowest BCUT2D eigenvalue weighted by Crippen LogP contribution is -2.36. The Kier molecular flexibility index (Phi) is 4.88. The number of nitrogens with zero attached hydrogens (tertiary/aromatic N) is 2. The van der Waals surface area contributed by atoms with Crippen molar-refractivity contribution in [3.63, 3.8) is 0 Å². The SMILES string of the molecule is Cc1ccc(C(=O)N(CC(=O)O)Cc2ccc(Cl)cc2)n1C. The molecule has 0 spiro atoms. The highest BCUT2D eigenvalue weighted by molar-refractivity contribution is 6.30. The minimum absolute atomic E-state index is 0.215. The molecule has 1 aromatic heterocycles. The summed E-state index contributed by atoms with van der Waals surface area (Å²) in [7, 11) is 1.78. The fraction of sp³-hybridized carbons (Fsp3) is 0.250. The van der Waals surface area contributed by atoms with Crippen molar-refractivity contribution in [1.29, 1.82) is 0 Å². The van der Waals surface area contributed by atoms with Crippen LogP contribution in [0.2, 0.25) is 5.02 Å². The van der Waals surface area contributed by atoms with Gasteiger partial charge in [0, 0.05) is 24.3 Å². The summed E-state index contributed by atoms with van der Waals surface area (Å²) in [4.78, 5) is 25.0. The van der Waals surface area contributed by atoms with Crippen LogP contribution in [-0.4, -0.2) is 33.0 Å². The molecule has 1 N–H and O–H groups in total. The maximum absolute atomic E-state index is 12.6. The smallest absolute Gasteiger partial charge is 0.323 e.